The first kappa shape index (κ1) is 22.1. The number of halogens is 1. The number of aliphatic hydroxyl groups is 1. The Kier molecular flexibility index (Phi) is 6.63. The summed E-state index contributed by atoms with van der Waals surface area (Å²) in [7, 11) is 0. The molecule has 1 amide bonds. The molecular formula is C25H24ClNO5. The molecule has 2 aromatic carbocycles. The van der Waals surface area contributed by atoms with E-state index in [0.717, 1.165) is 12.8 Å². The highest BCUT2D eigenvalue weighted by Crippen LogP contribution is 2.40. The number of Topliss-reactive ketones (excluding diaryl/α,β-unsaturated/α-hetero) is 1. The molecule has 7 heteroatoms. The molecule has 0 saturated carbocycles. The second-order valence-electron chi connectivity index (χ2n) is 7.76. The van der Waals surface area contributed by atoms with E-state index in [4.69, 9.17) is 21.1 Å². The first-order chi connectivity index (χ1) is 15.5. The highest BCUT2D eigenvalue weighted by atomic mass is 35.5. The molecule has 2 aromatic rings. The molecule has 0 bridgehead atoms. The molecule has 2 atom stereocenters. The van der Waals surface area contributed by atoms with Gasteiger partial charge in [0.05, 0.1) is 17.7 Å². The fourth-order valence-electron chi connectivity index (χ4n) is 4.09. The van der Waals surface area contributed by atoms with Gasteiger partial charge in [-0.05, 0) is 54.8 Å². The first-order valence-electron chi connectivity index (χ1n) is 10.5. The van der Waals surface area contributed by atoms with E-state index < -0.39 is 17.7 Å². The topological polar surface area (TPSA) is 76.1 Å². The van der Waals surface area contributed by atoms with Gasteiger partial charge < -0.3 is 19.5 Å². The molecule has 2 aliphatic heterocycles. The van der Waals surface area contributed by atoms with Crippen LogP contribution in [0, 0.1) is 0 Å². The third kappa shape index (κ3) is 4.42. The van der Waals surface area contributed by atoms with Crippen LogP contribution in [-0.4, -0.2) is 47.6 Å². The van der Waals surface area contributed by atoms with E-state index in [2.05, 4.69) is 6.58 Å². The molecule has 6 nitrogen and oxygen atoms in total. The quantitative estimate of drug-likeness (QED) is 0.289. The highest BCUT2D eigenvalue weighted by molar-refractivity contribution is 6.46. The summed E-state index contributed by atoms with van der Waals surface area (Å²) in [6.07, 6.45) is 3.24. The van der Waals surface area contributed by atoms with Crippen LogP contribution < -0.4 is 4.74 Å². The van der Waals surface area contributed by atoms with Crippen molar-refractivity contribution in [1.29, 1.82) is 0 Å². The molecule has 2 heterocycles. The maximum absolute atomic E-state index is 13.1. The van der Waals surface area contributed by atoms with Crippen LogP contribution >= 0.6 is 11.6 Å². The Morgan fingerprint density at radius 3 is 2.53 bits per heavy atom. The number of benzene rings is 2. The summed E-state index contributed by atoms with van der Waals surface area (Å²) in [4.78, 5) is 27.5. The van der Waals surface area contributed by atoms with E-state index in [-0.39, 0.29) is 24.0 Å². The lowest BCUT2D eigenvalue weighted by atomic mass is 9.95. The monoisotopic (exact) mass is 453 g/mol. The van der Waals surface area contributed by atoms with E-state index in [9.17, 15) is 14.7 Å². The summed E-state index contributed by atoms with van der Waals surface area (Å²) in [6.45, 7) is 4.89. The number of carbonyl (C=O) groups is 2. The Hall–Kier alpha value is -3.09. The van der Waals surface area contributed by atoms with Gasteiger partial charge in [-0.3, -0.25) is 9.59 Å². The van der Waals surface area contributed by atoms with Gasteiger partial charge in [0.2, 0.25) is 0 Å². The lowest BCUT2D eigenvalue weighted by Crippen LogP contribution is -2.36. The van der Waals surface area contributed by atoms with Gasteiger partial charge in [-0.1, -0.05) is 36.4 Å². The predicted octanol–water partition coefficient (Wildman–Crippen LogP) is 4.51. The number of aliphatic hydroxyl groups excluding tert-OH is 1. The minimum atomic E-state index is -0.729. The Bertz CT molecular complexity index is 1040. The molecule has 32 heavy (non-hydrogen) atoms. The van der Waals surface area contributed by atoms with Crippen molar-refractivity contribution in [3.05, 3.63) is 82.9 Å². The number of amides is 1. The van der Waals surface area contributed by atoms with Gasteiger partial charge in [0.1, 0.15) is 18.1 Å². The first-order valence-corrected chi connectivity index (χ1v) is 10.9. The van der Waals surface area contributed by atoms with E-state index in [1.165, 1.54) is 4.90 Å². The van der Waals surface area contributed by atoms with Crippen molar-refractivity contribution in [2.75, 3.05) is 19.8 Å². The summed E-state index contributed by atoms with van der Waals surface area (Å²) in [5.74, 6) is -0.983. The number of likely N-dealkylation sites (tertiary alicyclic amines) is 1. The van der Waals surface area contributed by atoms with Crippen molar-refractivity contribution in [3.8, 4) is 5.75 Å². The average Bonchev–Trinajstić information content (AvgIpc) is 3.41. The van der Waals surface area contributed by atoms with E-state index in [1.807, 2.05) is 0 Å². The molecule has 0 aromatic heterocycles. The number of rotatable bonds is 7. The van der Waals surface area contributed by atoms with Crippen molar-refractivity contribution >= 4 is 29.1 Å². The zero-order valence-corrected chi connectivity index (χ0v) is 18.3. The number of hydrogen-bond acceptors (Lipinski definition) is 5. The molecule has 0 spiro atoms. The molecule has 2 unspecified atom stereocenters. The average molecular weight is 454 g/mol. The molecule has 0 aliphatic carbocycles. The van der Waals surface area contributed by atoms with Crippen LogP contribution in [0.2, 0.25) is 5.02 Å². The number of hydrogen-bond donors (Lipinski definition) is 1. The number of ether oxygens (including phenoxy) is 2. The van der Waals surface area contributed by atoms with Gasteiger partial charge in [0.15, 0.2) is 0 Å². The Balaban J connectivity index is 1.74. The Morgan fingerprint density at radius 1 is 1.19 bits per heavy atom. The summed E-state index contributed by atoms with van der Waals surface area (Å²) >= 11 is 6.05. The lowest BCUT2D eigenvalue weighted by Gasteiger charge is -2.27. The molecule has 1 N–H and O–H groups in total. The van der Waals surface area contributed by atoms with E-state index in [1.54, 1.807) is 54.6 Å². The van der Waals surface area contributed by atoms with Gasteiger partial charge in [-0.15, -0.1) is 0 Å². The fraction of sp³-hybridized carbons (Fsp3) is 0.280. The summed E-state index contributed by atoms with van der Waals surface area (Å²) in [5, 5.41) is 11.6. The van der Waals surface area contributed by atoms with Crippen LogP contribution in [0.4, 0.5) is 0 Å². The standard InChI is InChI=1S/C25H24ClNO5/c1-2-13-31-19-11-7-17(8-12-19)23(28)21-22(16-5-9-18(26)10-6-16)27(25(30)24(21)29)15-20-4-3-14-32-20/h2,5-12,20,22,28H,1,3-4,13-15H2/b23-21+. The predicted molar refractivity (Wildman–Crippen MR) is 122 cm³/mol. The highest BCUT2D eigenvalue weighted by Gasteiger charge is 2.47. The number of carbonyl (C=O) groups excluding carboxylic acids is 2. The van der Waals surface area contributed by atoms with Crippen molar-refractivity contribution in [2.24, 2.45) is 0 Å². The minimum Gasteiger partial charge on any atom is -0.507 e. The fourth-order valence-corrected chi connectivity index (χ4v) is 4.21. The summed E-state index contributed by atoms with van der Waals surface area (Å²) in [5.41, 5.74) is 1.17. The van der Waals surface area contributed by atoms with Crippen LogP contribution in [0.5, 0.6) is 5.75 Å². The second-order valence-corrected chi connectivity index (χ2v) is 8.20. The molecule has 166 valence electrons. The zero-order valence-electron chi connectivity index (χ0n) is 17.5. The SMILES string of the molecule is C=CCOc1ccc(/C(O)=C2\C(=O)C(=O)N(CC3CCCO3)C2c2ccc(Cl)cc2)cc1. The van der Waals surface area contributed by atoms with Crippen LogP contribution in [0.1, 0.15) is 30.0 Å². The Labute approximate surface area is 191 Å². The maximum atomic E-state index is 13.1. The smallest absolute Gasteiger partial charge is 0.295 e. The van der Waals surface area contributed by atoms with Crippen LogP contribution in [0.3, 0.4) is 0 Å². The molecule has 2 fully saturated rings. The van der Waals surface area contributed by atoms with Gasteiger partial charge in [0.25, 0.3) is 11.7 Å². The largest absolute Gasteiger partial charge is 0.507 e. The van der Waals surface area contributed by atoms with Crippen LogP contribution in [-0.2, 0) is 14.3 Å². The second kappa shape index (κ2) is 9.59. The summed E-state index contributed by atoms with van der Waals surface area (Å²) < 4.78 is 11.2. The molecular weight excluding hydrogens is 430 g/mol. The Morgan fingerprint density at radius 2 is 1.91 bits per heavy atom. The molecule has 0 radical (unpaired) electrons. The third-order valence-electron chi connectivity index (χ3n) is 5.65. The van der Waals surface area contributed by atoms with Crippen molar-refractivity contribution in [2.45, 2.75) is 25.0 Å². The summed E-state index contributed by atoms with van der Waals surface area (Å²) in [6, 6.07) is 12.9. The van der Waals surface area contributed by atoms with E-state index in [0.29, 0.717) is 35.1 Å². The van der Waals surface area contributed by atoms with Crippen LogP contribution in [0.15, 0.2) is 66.8 Å². The number of ketones is 1. The van der Waals surface area contributed by atoms with Gasteiger partial charge in [0, 0.05) is 23.7 Å². The van der Waals surface area contributed by atoms with Crippen molar-refractivity contribution in [1.82, 2.24) is 4.90 Å². The van der Waals surface area contributed by atoms with Crippen molar-refractivity contribution in [3.63, 3.8) is 0 Å². The minimum absolute atomic E-state index is 0.0510. The van der Waals surface area contributed by atoms with Gasteiger partial charge in [-0.2, -0.15) is 0 Å². The van der Waals surface area contributed by atoms with Gasteiger partial charge >= 0.3 is 0 Å². The van der Waals surface area contributed by atoms with E-state index >= 15 is 0 Å². The molecule has 4 rings (SSSR count). The van der Waals surface area contributed by atoms with Gasteiger partial charge in [-0.25, -0.2) is 0 Å². The van der Waals surface area contributed by atoms with Crippen molar-refractivity contribution < 1.29 is 24.2 Å². The zero-order chi connectivity index (χ0) is 22.7. The lowest BCUT2D eigenvalue weighted by molar-refractivity contribution is -0.140. The van der Waals surface area contributed by atoms with Crippen LogP contribution in [0.25, 0.3) is 5.76 Å². The molecule has 2 aliphatic rings. The maximum Gasteiger partial charge on any atom is 0.295 e. The normalized spacial score (nSPS) is 22.3. The number of nitrogens with zero attached hydrogens (tertiary/aromatic N) is 1. The molecule has 2 saturated heterocycles. The third-order valence-corrected chi connectivity index (χ3v) is 5.90.